The molecule has 0 aliphatic rings. The minimum atomic E-state index is -0.463. The summed E-state index contributed by atoms with van der Waals surface area (Å²) in [6.45, 7) is 0.118. The Labute approximate surface area is 138 Å². The molecule has 0 N–H and O–H groups in total. The zero-order valence-electron chi connectivity index (χ0n) is 11.4. The molecule has 0 saturated heterocycles. The predicted octanol–water partition coefficient (Wildman–Crippen LogP) is 4.62. The van der Waals surface area contributed by atoms with Crippen LogP contribution < -0.4 is 0 Å². The molecule has 0 heterocycles. The molecule has 0 amide bonds. The molecular weight excluding hydrogens is 321 g/mol. The summed E-state index contributed by atoms with van der Waals surface area (Å²) in [5.41, 5.74) is 2.14. The minimum Gasteiger partial charge on any atom is -0.458 e. The van der Waals surface area contributed by atoms with Crippen molar-refractivity contribution in [2.45, 2.75) is 6.61 Å². The van der Waals surface area contributed by atoms with Gasteiger partial charge >= 0.3 is 5.97 Å². The Morgan fingerprint density at radius 1 is 1.14 bits per heavy atom. The smallest absolute Gasteiger partial charge is 0.331 e. The summed E-state index contributed by atoms with van der Waals surface area (Å²) < 4.78 is 5.11. The molecule has 0 atom stereocenters. The van der Waals surface area contributed by atoms with Crippen LogP contribution >= 0.6 is 23.2 Å². The summed E-state index contributed by atoms with van der Waals surface area (Å²) in [4.78, 5) is 11.6. The number of hydrogen-bond acceptors (Lipinski definition) is 3. The highest BCUT2D eigenvalue weighted by atomic mass is 35.5. The van der Waals surface area contributed by atoms with E-state index >= 15 is 0 Å². The Morgan fingerprint density at radius 2 is 1.86 bits per heavy atom. The summed E-state index contributed by atoms with van der Waals surface area (Å²) in [7, 11) is 0. The molecule has 3 nitrogen and oxygen atoms in total. The summed E-state index contributed by atoms with van der Waals surface area (Å²) in [6.07, 6.45) is 2.96. The second kappa shape index (κ2) is 7.65. The lowest BCUT2D eigenvalue weighted by Gasteiger charge is -2.03. The lowest BCUT2D eigenvalue weighted by atomic mass is 10.1. The van der Waals surface area contributed by atoms with Crippen molar-refractivity contribution in [3.63, 3.8) is 0 Å². The molecule has 0 aliphatic carbocycles. The molecule has 5 heteroatoms. The predicted molar refractivity (Wildman–Crippen MR) is 86.4 cm³/mol. The molecule has 0 bridgehead atoms. The number of nitriles is 1. The summed E-state index contributed by atoms with van der Waals surface area (Å²) in [6, 6.07) is 13.9. The van der Waals surface area contributed by atoms with E-state index in [4.69, 9.17) is 33.2 Å². The minimum absolute atomic E-state index is 0.118. The zero-order chi connectivity index (χ0) is 15.9. The number of carbonyl (C=O) groups is 1. The molecule has 0 saturated carbocycles. The van der Waals surface area contributed by atoms with Crippen molar-refractivity contribution >= 4 is 35.2 Å². The first kappa shape index (κ1) is 16.1. The largest absolute Gasteiger partial charge is 0.458 e. The van der Waals surface area contributed by atoms with Crippen LogP contribution in [0.3, 0.4) is 0 Å². The third kappa shape index (κ3) is 4.63. The van der Waals surface area contributed by atoms with Crippen molar-refractivity contribution in [1.29, 1.82) is 5.26 Å². The molecule has 0 unspecified atom stereocenters. The number of rotatable bonds is 4. The Hall–Kier alpha value is -2.28. The van der Waals surface area contributed by atoms with Crippen LogP contribution in [0.2, 0.25) is 10.0 Å². The molecule has 0 aromatic heterocycles. The number of benzene rings is 2. The Morgan fingerprint density at radius 3 is 2.50 bits per heavy atom. The van der Waals surface area contributed by atoms with Gasteiger partial charge in [-0.05, 0) is 41.5 Å². The molecule has 2 rings (SSSR count). The SMILES string of the molecule is N#Cc1ccc(/C=C/C(=O)OCc2ccc(Cl)c(Cl)c2)cc1. The Bertz CT molecular complexity index is 746. The second-order valence-corrected chi connectivity index (χ2v) is 5.24. The van der Waals surface area contributed by atoms with Crippen LogP contribution in [0.15, 0.2) is 48.5 Å². The Kier molecular flexibility index (Phi) is 5.60. The van der Waals surface area contributed by atoms with Crippen molar-refractivity contribution in [2.24, 2.45) is 0 Å². The van der Waals surface area contributed by atoms with Gasteiger partial charge in [-0.15, -0.1) is 0 Å². The van der Waals surface area contributed by atoms with Gasteiger partial charge in [0, 0.05) is 6.08 Å². The molecule has 0 fully saturated rings. The molecular formula is C17H11Cl2NO2. The van der Waals surface area contributed by atoms with Crippen molar-refractivity contribution in [2.75, 3.05) is 0 Å². The molecule has 0 spiro atoms. The number of nitrogens with zero attached hydrogens (tertiary/aromatic N) is 1. The number of hydrogen-bond donors (Lipinski definition) is 0. The molecule has 0 aliphatic heterocycles. The van der Waals surface area contributed by atoms with Crippen LogP contribution in [0.25, 0.3) is 6.08 Å². The normalized spacial score (nSPS) is 10.4. The van der Waals surface area contributed by atoms with Crippen molar-refractivity contribution in [3.8, 4) is 6.07 Å². The lowest BCUT2D eigenvalue weighted by molar-refractivity contribution is -0.138. The van der Waals surface area contributed by atoms with Gasteiger partial charge in [0.05, 0.1) is 21.7 Å². The maximum absolute atomic E-state index is 11.6. The van der Waals surface area contributed by atoms with Gasteiger partial charge in [-0.25, -0.2) is 4.79 Å². The quantitative estimate of drug-likeness (QED) is 0.606. The first-order valence-electron chi connectivity index (χ1n) is 6.37. The van der Waals surface area contributed by atoms with E-state index in [-0.39, 0.29) is 6.61 Å². The average molecular weight is 332 g/mol. The fraction of sp³-hybridized carbons (Fsp3) is 0.0588. The van der Waals surface area contributed by atoms with E-state index in [9.17, 15) is 4.79 Å². The second-order valence-electron chi connectivity index (χ2n) is 4.42. The highest BCUT2D eigenvalue weighted by molar-refractivity contribution is 6.42. The third-order valence-electron chi connectivity index (χ3n) is 2.82. The van der Waals surface area contributed by atoms with Gasteiger partial charge in [0.15, 0.2) is 0 Å². The van der Waals surface area contributed by atoms with Gasteiger partial charge in [-0.3, -0.25) is 0 Å². The van der Waals surface area contributed by atoms with E-state index in [0.29, 0.717) is 15.6 Å². The lowest BCUT2D eigenvalue weighted by Crippen LogP contribution is -2.00. The van der Waals surface area contributed by atoms with Gasteiger partial charge in [0.1, 0.15) is 6.61 Å². The van der Waals surface area contributed by atoms with E-state index < -0.39 is 5.97 Å². The highest BCUT2D eigenvalue weighted by Crippen LogP contribution is 2.22. The summed E-state index contributed by atoms with van der Waals surface area (Å²) >= 11 is 11.7. The number of halogens is 2. The molecule has 110 valence electrons. The fourth-order valence-corrected chi connectivity index (χ4v) is 1.99. The first-order chi connectivity index (χ1) is 10.6. The van der Waals surface area contributed by atoms with E-state index in [1.165, 1.54) is 6.08 Å². The van der Waals surface area contributed by atoms with Gasteiger partial charge < -0.3 is 4.74 Å². The molecule has 22 heavy (non-hydrogen) atoms. The van der Waals surface area contributed by atoms with Gasteiger partial charge in [-0.1, -0.05) is 41.4 Å². The van der Waals surface area contributed by atoms with Gasteiger partial charge in [0.2, 0.25) is 0 Å². The zero-order valence-corrected chi connectivity index (χ0v) is 12.9. The number of ether oxygens (including phenoxy) is 1. The molecule has 0 radical (unpaired) electrons. The molecule has 2 aromatic rings. The van der Waals surface area contributed by atoms with Crippen LogP contribution in [0, 0.1) is 11.3 Å². The standard InChI is InChI=1S/C17H11Cl2NO2/c18-15-7-5-14(9-16(15)19)11-22-17(21)8-6-12-1-3-13(10-20)4-2-12/h1-9H,11H2/b8-6+. The first-order valence-corrected chi connectivity index (χ1v) is 7.13. The summed E-state index contributed by atoms with van der Waals surface area (Å²) in [5, 5.41) is 9.58. The van der Waals surface area contributed by atoms with E-state index in [1.807, 2.05) is 6.07 Å². The maximum Gasteiger partial charge on any atom is 0.331 e. The average Bonchev–Trinajstić information content (AvgIpc) is 2.54. The fourth-order valence-electron chi connectivity index (χ4n) is 1.67. The van der Waals surface area contributed by atoms with Crippen LogP contribution in [-0.4, -0.2) is 5.97 Å². The molecule has 2 aromatic carbocycles. The highest BCUT2D eigenvalue weighted by Gasteiger charge is 2.02. The van der Waals surface area contributed by atoms with Crippen LogP contribution in [0.4, 0.5) is 0 Å². The topological polar surface area (TPSA) is 50.1 Å². The number of esters is 1. The van der Waals surface area contributed by atoms with E-state index in [0.717, 1.165) is 11.1 Å². The number of carbonyl (C=O) groups excluding carboxylic acids is 1. The van der Waals surface area contributed by atoms with Crippen molar-refractivity contribution < 1.29 is 9.53 Å². The Balaban J connectivity index is 1.90. The van der Waals surface area contributed by atoms with Gasteiger partial charge in [-0.2, -0.15) is 5.26 Å². The van der Waals surface area contributed by atoms with Crippen molar-refractivity contribution in [3.05, 3.63) is 75.3 Å². The van der Waals surface area contributed by atoms with Crippen molar-refractivity contribution in [1.82, 2.24) is 0 Å². The van der Waals surface area contributed by atoms with Gasteiger partial charge in [0.25, 0.3) is 0 Å². The summed E-state index contributed by atoms with van der Waals surface area (Å²) in [5.74, 6) is -0.463. The maximum atomic E-state index is 11.6. The third-order valence-corrected chi connectivity index (χ3v) is 3.56. The van der Waals surface area contributed by atoms with Crippen LogP contribution in [0.5, 0.6) is 0 Å². The van der Waals surface area contributed by atoms with Crippen LogP contribution in [-0.2, 0) is 16.1 Å². The van der Waals surface area contributed by atoms with E-state index in [2.05, 4.69) is 0 Å². The van der Waals surface area contributed by atoms with Crippen LogP contribution in [0.1, 0.15) is 16.7 Å². The monoisotopic (exact) mass is 331 g/mol. The van der Waals surface area contributed by atoms with E-state index in [1.54, 1.807) is 48.5 Å².